The van der Waals surface area contributed by atoms with Crippen molar-refractivity contribution in [2.45, 2.75) is 39.3 Å². The second kappa shape index (κ2) is 13.1. The van der Waals surface area contributed by atoms with Crippen molar-refractivity contribution in [2.75, 3.05) is 6.54 Å². The molecule has 0 aliphatic rings. The number of amides is 2. The first-order chi connectivity index (χ1) is 19.3. The number of primary amides is 1. The molecule has 9 heteroatoms. The molecule has 0 radical (unpaired) electrons. The van der Waals surface area contributed by atoms with Crippen LogP contribution in [-0.2, 0) is 37.1 Å². The Morgan fingerprint density at radius 2 is 1.78 bits per heavy atom. The Balaban J connectivity index is 0.00000387. The summed E-state index contributed by atoms with van der Waals surface area (Å²) in [7, 11) is 0. The van der Waals surface area contributed by atoms with Crippen molar-refractivity contribution in [1.29, 1.82) is 0 Å². The van der Waals surface area contributed by atoms with Gasteiger partial charge in [-0.15, -0.1) is 5.56 Å². The van der Waals surface area contributed by atoms with Gasteiger partial charge >= 0.3 is 0 Å². The van der Waals surface area contributed by atoms with Crippen LogP contribution in [0.1, 0.15) is 57.1 Å². The van der Waals surface area contributed by atoms with E-state index in [4.69, 9.17) is 14.7 Å². The maximum Gasteiger partial charge on any atom is 0.231 e. The SMILES string of the molecule is Cc1c[c-]c(C(NC(=O)Cc2ccc3oc(C(NCC(N)=O)c4c(C)noc4C)cc3c2)c2ccccc2)cc1.[W]. The van der Waals surface area contributed by atoms with Gasteiger partial charge in [0.15, 0.2) is 0 Å². The third kappa shape index (κ3) is 7.02. The van der Waals surface area contributed by atoms with Gasteiger partial charge in [0.25, 0.3) is 0 Å². The fraction of sp³-hybridized carbons (Fsp3) is 0.219. The van der Waals surface area contributed by atoms with Gasteiger partial charge in [-0.1, -0.05) is 48.5 Å². The predicted octanol–water partition coefficient (Wildman–Crippen LogP) is 4.76. The van der Waals surface area contributed by atoms with E-state index in [9.17, 15) is 9.59 Å². The van der Waals surface area contributed by atoms with Gasteiger partial charge in [0.1, 0.15) is 17.1 Å². The van der Waals surface area contributed by atoms with Crippen molar-refractivity contribution >= 4 is 22.8 Å². The van der Waals surface area contributed by atoms with Crippen LogP contribution >= 0.6 is 0 Å². The van der Waals surface area contributed by atoms with E-state index in [-0.39, 0.29) is 46.0 Å². The summed E-state index contributed by atoms with van der Waals surface area (Å²) in [5.41, 5.74) is 11.4. The molecule has 0 saturated heterocycles. The van der Waals surface area contributed by atoms with Gasteiger partial charge in [0.2, 0.25) is 11.8 Å². The van der Waals surface area contributed by atoms with E-state index < -0.39 is 11.9 Å². The molecule has 4 N–H and O–H groups in total. The predicted molar refractivity (Wildman–Crippen MR) is 151 cm³/mol. The van der Waals surface area contributed by atoms with Crippen molar-refractivity contribution < 1.29 is 39.6 Å². The maximum atomic E-state index is 13.2. The first kappa shape index (κ1) is 30.0. The maximum absolute atomic E-state index is 13.2. The number of carbonyl (C=O) groups excluding carboxylic acids is 2. The number of hydrogen-bond donors (Lipinski definition) is 3. The van der Waals surface area contributed by atoms with Gasteiger partial charge in [-0.2, -0.15) is 29.8 Å². The molecule has 0 aliphatic heterocycles. The van der Waals surface area contributed by atoms with E-state index in [1.54, 1.807) is 0 Å². The van der Waals surface area contributed by atoms with Crippen molar-refractivity contribution in [1.82, 2.24) is 15.8 Å². The molecule has 3 aromatic carbocycles. The number of furan rings is 1. The van der Waals surface area contributed by atoms with Crippen molar-refractivity contribution in [2.24, 2.45) is 5.73 Å². The molecule has 2 unspecified atom stereocenters. The number of nitrogens with two attached hydrogens (primary N) is 1. The molecule has 2 atom stereocenters. The van der Waals surface area contributed by atoms with Crippen LogP contribution in [0.3, 0.4) is 0 Å². The van der Waals surface area contributed by atoms with Gasteiger partial charge in [-0.25, -0.2) is 0 Å². The first-order valence-corrected chi connectivity index (χ1v) is 13.1. The van der Waals surface area contributed by atoms with E-state index in [1.807, 2.05) is 93.6 Å². The zero-order chi connectivity index (χ0) is 28.2. The summed E-state index contributed by atoms with van der Waals surface area (Å²) in [4.78, 5) is 24.8. The van der Waals surface area contributed by atoms with Gasteiger partial charge < -0.3 is 20.0 Å². The molecule has 210 valence electrons. The van der Waals surface area contributed by atoms with E-state index in [0.29, 0.717) is 22.8 Å². The number of fused-ring (bicyclic) bond motifs is 1. The topological polar surface area (TPSA) is 123 Å². The fourth-order valence-corrected chi connectivity index (χ4v) is 4.89. The molecule has 0 aliphatic carbocycles. The van der Waals surface area contributed by atoms with Crippen LogP contribution in [0.2, 0.25) is 0 Å². The minimum Gasteiger partial charge on any atom is -0.459 e. The molecule has 2 amide bonds. The molecule has 2 heterocycles. The molecular formula is C32H31N4O4W-. The van der Waals surface area contributed by atoms with Crippen LogP contribution in [0.25, 0.3) is 11.0 Å². The zero-order valence-corrected chi connectivity index (χ0v) is 26.0. The Hall–Kier alpha value is -4.00. The quantitative estimate of drug-likeness (QED) is 0.179. The smallest absolute Gasteiger partial charge is 0.231 e. The fourth-order valence-electron chi connectivity index (χ4n) is 4.89. The van der Waals surface area contributed by atoms with Crippen molar-refractivity contribution in [3.63, 3.8) is 0 Å². The van der Waals surface area contributed by atoms with E-state index in [1.165, 1.54) is 0 Å². The molecule has 0 spiro atoms. The molecule has 2 aromatic heterocycles. The number of benzene rings is 3. The summed E-state index contributed by atoms with van der Waals surface area (Å²) < 4.78 is 11.5. The number of hydrogen-bond acceptors (Lipinski definition) is 6. The van der Waals surface area contributed by atoms with E-state index in [2.05, 4.69) is 21.9 Å². The summed E-state index contributed by atoms with van der Waals surface area (Å²) in [6.45, 7) is 5.61. The summed E-state index contributed by atoms with van der Waals surface area (Å²) in [5, 5.41) is 11.2. The molecule has 8 nitrogen and oxygen atoms in total. The van der Waals surface area contributed by atoms with Crippen LogP contribution < -0.4 is 16.4 Å². The van der Waals surface area contributed by atoms with E-state index in [0.717, 1.165) is 33.2 Å². The molecule has 41 heavy (non-hydrogen) atoms. The number of carbonyl (C=O) groups is 2. The molecule has 5 aromatic rings. The molecule has 0 saturated carbocycles. The average Bonchev–Trinajstić information content (AvgIpc) is 3.51. The summed E-state index contributed by atoms with van der Waals surface area (Å²) in [6, 6.07) is 25.9. The Bertz CT molecular complexity index is 1620. The number of aryl methyl sites for hydroxylation is 3. The zero-order valence-electron chi connectivity index (χ0n) is 23.1. The van der Waals surface area contributed by atoms with Gasteiger partial charge in [0.05, 0.1) is 30.7 Å². The third-order valence-electron chi connectivity index (χ3n) is 6.85. The molecule has 5 rings (SSSR count). The summed E-state index contributed by atoms with van der Waals surface area (Å²) in [6.07, 6.45) is 0.193. The Labute approximate surface area is 252 Å². The average molecular weight is 719 g/mol. The minimum absolute atomic E-state index is 0. The second-order valence-corrected chi connectivity index (χ2v) is 9.95. The standard InChI is InChI=1S/C32H31N4O4.W/c1-19-9-12-24(13-10-19)31(23-7-5-4-6-8-23)35-29(38)16-22-11-14-26-25(15-22)17-27(39-26)32(34-18-28(33)37)30-20(2)36-40-21(30)3;/h4-12,14-15,17,31-32,34H,16,18H2,1-3H3,(H2,33,37)(H,35,38);/q-1;. The number of nitrogens with zero attached hydrogens (tertiary/aromatic N) is 1. The summed E-state index contributed by atoms with van der Waals surface area (Å²) >= 11 is 0. The Morgan fingerprint density at radius 1 is 1.00 bits per heavy atom. The van der Waals surface area contributed by atoms with Gasteiger partial charge in [0, 0.05) is 32.0 Å². The largest absolute Gasteiger partial charge is 0.459 e. The normalized spacial score (nSPS) is 12.5. The van der Waals surface area contributed by atoms with Crippen LogP contribution in [-0.4, -0.2) is 23.5 Å². The molecule has 0 fully saturated rings. The Kier molecular flexibility index (Phi) is 9.58. The third-order valence-corrected chi connectivity index (χ3v) is 6.85. The van der Waals surface area contributed by atoms with E-state index >= 15 is 0 Å². The molecule has 0 bridgehead atoms. The number of nitrogens with one attached hydrogen (secondary N) is 2. The van der Waals surface area contributed by atoms with Gasteiger partial charge in [-0.3, -0.25) is 14.9 Å². The Morgan fingerprint density at radius 3 is 2.44 bits per heavy atom. The first-order valence-electron chi connectivity index (χ1n) is 13.1. The van der Waals surface area contributed by atoms with Crippen molar-refractivity contribution in [3.05, 3.63) is 124 Å². The van der Waals surface area contributed by atoms with Crippen LogP contribution in [0, 0.1) is 26.8 Å². The van der Waals surface area contributed by atoms with Crippen LogP contribution in [0.4, 0.5) is 0 Å². The second-order valence-electron chi connectivity index (χ2n) is 9.95. The van der Waals surface area contributed by atoms with Gasteiger partial charge in [-0.05, 0) is 43.2 Å². The minimum atomic E-state index is -0.488. The van der Waals surface area contributed by atoms with Crippen LogP contribution in [0.15, 0.2) is 81.7 Å². The van der Waals surface area contributed by atoms with Crippen molar-refractivity contribution in [3.8, 4) is 0 Å². The number of rotatable bonds is 10. The molecular weight excluding hydrogens is 688 g/mol. The monoisotopic (exact) mass is 719 g/mol. The van der Waals surface area contributed by atoms with Crippen LogP contribution in [0.5, 0.6) is 0 Å². The summed E-state index contributed by atoms with van der Waals surface area (Å²) in [5.74, 6) is 0.614. The number of aromatic nitrogens is 1.